The van der Waals surface area contributed by atoms with Gasteiger partial charge in [0.2, 0.25) is 0 Å². The van der Waals surface area contributed by atoms with E-state index in [9.17, 15) is 4.79 Å². The Bertz CT molecular complexity index is 146. The highest BCUT2D eigenvalue weighted by Crippen LogP contribution is 2.04. The molecule has 0 spiro atoms. The lowest BCUT2D eigenvalue weighted by Gasteiger charge is -1.97. The van der Waals surface area contributed by atoms with Crippen LogP contribution in [-0.4, -0.2) is 5.78 Å². The minimum absolute atomic E-state index is 0.0284. The summed E-state index contributed by atoms with van der Waals surface area (Å²) in [4.78, 5) is 10.4. The van der Waals surface area contributed by atoms with Gasteiger partial charge in [-0.05, 0) is 26.7 Å². The molecule has 0 amide bonds. The topological polar surface area (TPSA) is 40.9 Å². The first kappa shape index (κ1) is 9.16. The molecular formula is C8H12NO. The van der Waals surface area contributed by atoms with Crippen LogP contribution in [0.4, 0.5) is 0 Å². The van der Waals surface area contributed by atoms with Gasteiger partial charge in [-0.2, -0.15) is 5.26 Å². The predicted molar refractivity (Wildman–Crippen MR) is 39.0 cm³/mol. The van der Waals surface area contributed by atoms with Gasteiger partial charge in [-0.1, -0.05) is 0 Å². The molecule has 0 saturated heterocycles. The molecule has 0 fully saturated rings. The van der Waals surface area contributed by atoms with Gasteiger partial charge in [0.05, 0.1) is 6.07 Å². The number of hydrogen-bond donors (Lipinski definition) is 0. The van der Waals surface area contributed by atoms with Crippen molar-refractivity contribution in [2.24, 2.45) is 5.92 Å². The van der Waals surface area contributed by atoms with E-state index < -0.39 is 0 Å². The van der Waals surface area contributed by atoms with Gasteiger partial charge in [-0.15, -0.1) is 0 Å². The Balaban J connectivity index is 3.22. The van der Waals surface area contributed by atoms with Crippen LogP contribution in [0, 0.1) is 23.7 Å². The summed E-state index contributed by atoms with van der Waals surface area (Å²) < 4.78 is 0. The van der Waals surface area contributed by atoms with Crippen LogP contribution in [0.1, 0.15) is 26.7 Å². The standard InChI is InChI=1S/C8H12NO/c1-7(6-9)4-3-5-8(2)10/h4,7H,3,5H2,1-2H3. The summed E-state index contributed by atoms with van der Waals surface area (Å²) in [6, 6.07) is 2.07. The summed E-state index contributed by atoms with van der Waals surface area (Å²) in [6.07, 6.45) is 3.15. The fourth-order valence-electron chi connectivity index (χ4n) is 0.589. The Hall–Kier alpha value is -0.840. The molecule has 0 aromatic rings. The molecule has 0 rings (SSSR count). The second kappa shape index (κ2) is 4.99. The summed E-state index contributed by atoms with van der Waals surface area (Å²) >= 11 is 0. The first-order valence-corrected chi connectivity index (χ1v) is 3.39. The van der Waals surface area contributed by atoms with E-state index in [1.54, 1.807) is 6.92 Å². The van der Waals surface area contributed by atoms with E-state index in [0.29, 0.717) is 6.42 Å². The third kappa shape index (κ3) is 5.30. The molecule has 0 aliphatic heterocycles. The second-order valence-corrected chi connectivity index (χ2v) is 2.39. The number of nitrogens with zero attached hydrogens (tertiary/aromatic N) is 1. The molecule has 1 unspecified atom stereocenters. The smallest absolute Gasteiger partial charge is 0.129 e. The van der Waals surface area contributed by atoms with Crippen molar-refractivity contribution < 1.29 is 4.79 Å². The van der Waals surface area contributed by atoms with E-state index in [1.165, 1.54) is 0 Å². The van der Waals surface area contributed by atoms with Crippen molar-refractivity contribution in [2.45, 2.75) is 26.7 Å². The van der Waals surface area contributed by atoms with Crippen LogP contribution in [0.2, 0.25) is 0 Å². The number of rotatable bonds is 4. The van der Waals surface area contributed by atoms with E-state index >= 15 is 0 Å². The predicted octanol–water partition coefficient (Wildman–Crippen LogP) is 1.72. The van der Waals surface area contributed by atoms with Crippen molar-refractivity contribution in [3.63, 3.8) is 0 Å². The van der Waals surface area contributed by atoms with Crippen molar-refractivity contribution in [3.8, 4) is 6.07 Å². The molecule has 2 heteroatoms. The molecule has 0 aromatic heterocycles. The molecule has 10 heavy (non-hydrogen) atoms. The van der Waals surface area contributed by atoms with Crippen LogP contribution >= 0.6 is 0 Å². The van der Waals surface area contributed by atoms with E-state index in [-0.39, 0.29) is 11.7 Å². The number of carbonyl (C=O) groups is 1. The normalized spacial score (nSPS) is 12.1. The van der Waals surface area contributed by atoms with Crippen LogP contribution in [0.25, 0.3) is 0 Å². The lowest BCUT2D eigenvalue weighted by Crippen LogP contribution is -1.95. The van der Waals surface area contributed by atoms with E-state index in [4.69, 9.17) is 5.26 Å². The molecule has 1 atom stereocenters. The van der Waals surface area contributed by atoms with Gasteiger partial charge in [0.1, 0.15) is 5.78 Å². The maximum atomic E-state index is 10.4. The average molecular weight is 138 g/mol. The quantitative estimate of drug-likeness (QED) is 0.593. The zero-order valence-corrected chi connectivity index (χ0v) is 6.42. The highest BCUT2D eigenvalue weighted by molar-refractivity contribution is 5.75. The van der Waals surface area contributed by atoms with Crippen molar-refractivity contribution in [1.82, 2.24) is 0 Å². The van der Waals surface area contributed by atoms with E-state index in [2.05, 4.69) is 6.07 Å². The molecular weight excluding hydrogens is 126 g/mol. The third-order valence-electron chi connectivity index (χ3n) is 1.22. The van der Waals surface area contributed by atoms with Crippen LogP contribution in [0.5, 0.6) is 0 Å². The van der Waals surface area contributed by atoms with Gasteiger partial charge in [-0.25, -0.2) is 0 Å². The fourth-order valence-corrected chi connectivity index (χ4v) is 0.589. The summed E-state index contributed by atoms with van der Waals surface area (Å²) in [7, 11) is 0. The molecule has 0 saturated carbocycles. The van der Waals surface area contributed by atoms with Gasteiger partial charge < -0.3 is 4.79 Å². The van der Waals surface area contributed by atoms with Crippen molar-refractivity contribution in [2.75, 3.05) is 0 Å². The zero-order chi connectivity index (χ0) is 7.98. The summed E-state index contributed by atoms with van der Waals surface area (Å²) in [5.41, 5.74) is 0. The largest absolute Gasteiger partial charge is 0.300 e. The molecule has 0 bridgehead atoms. The minimum Gasteiger partial charge on any atom is -0.300 e. The van der Waals surface area contributed by atoms with Crippen molar-refractivity contribution >= 4 is 5.78 Å². The number of ketones is 1. The Morgan fingerprint density at radius 1 is 1.80 bits per heavy atom. The monoisotopic (exact) mass is 138 g/mol. The van der Waals surface area contributed by atoms with Gasteiger partial charge in [-0.3, -0.25) is 0 Å². The highest BCUT2D eigenvalue weighted by atomic mass is 16.1. The molecule has 1 radical (unpaired) electrons. The Morgan fingerprint density at radius 3 is 2.80 bits per heavy atom. The summed E-state index contributed by atoms with van der Waals surface area (Å²) in [5.74, 6) is 0.153. The van der Waals surface area contributed by atoms with Crippen LogP contribution in [0.3, 0.4) is 0 Å². The van der Waals surface area contributed by atoms with Crippen molar-refractivity contribution in [1.29, 1.82) is 5.26 Å². The fraction of sp³-hybridized carbons (Fsp3) is 0.625. The van der Waals surface area contributed by atoms with Crippen molar-refractivity contribution in [3.05, 3.63) is 6.42 Å². The highest BCUT2D eigenvalue weighted by Gasteiger charge is 2.00. The molecule has 0 aromatic carbocycles. The maximum absolute atomic E-state index is 10.4. The third-order valence-corrected chi connectivity index (χ3v) is 1.22. The number of Topliss-reactive ketones (excluding diaryl/α,β-unsaturated/α-hetero) is 1. The lowest BCUT2D eigenvalue weighted by molar-refractivity contribution is -0.117. The maximum Gasteiger partial charge on any atom is 0.129 e. The minimum atomic E-state index is -0.0284. The second-order valence-electron chi connectivity index (χ2n) is 2.39. The van der Waals surface area contributed by atoms with Gasteiger partial charge in [0.15, 0.2) is 0 Å². The first-order valence-electron chi connectivity index (χ1n) is 3.39. The van der Waals surface area contributed by atoms with Crippen LogP contribution in [0.15, 0.2) is 0 Å². The molecule has 0 aliphatic rings. The summed E-state index contributed by atoms with van der Waals surface area (Å²) in [6.45, 7) is 3.38. The Labute approximate surface area is 61.8 Å². The number of hydrogen-bond acceptors (Lipinski definition) is 2. The number of nitriles is 1. The molecule has 2 nitrogen and oxygen atoms in total. The lowest BCUT2D eigenvalue weighted by atomic mass is 10.1. The Morgan fingerprint density at radius 2 is 2.40 bits per heavy atom. The summed E-state index contributed by atoms with van der Waals surface area (Å²) in [5, 5.41) is 8.33. The van der Waals surface area contributed by atoms with Gasteiger partial charge in [0.25, 0.3) is 0 Å². The average Bonchev–Trinajstić information content (AvgIpc) is 1.87. The van der Waals surface area contributed by atoms with Gasteiger partial charge in [0, 0.05) is 12.3 Å². The first-order chi connectivity index (χ1) is 4.66. The van der Waals surface area contributed by atoms with Crippen LogP contribution in [-0.2, 0) is 4.79 Å². The molecule has 0 heterocycles. The number of carbonyl (C=O) groups excluding carboxylic acids is 1. The molecule has 0 aliphatic carbocycles. The van der Waals surface area contributed by atoms with E-state index in [1.807, 2.05) is 13.3 Å². The zero-order valence-electron chi connectivity index (χ0n) is 6.42. The molecule has 0 N–H and O–H groups in total. The van der Waals surface area contributed by atoms with Crippen LogP contribution < -0.4 is 0 Å². The SMILES string of the molecule is CC(=O)CC[CH]C(C)C#N. The van der Waals surface area contributed by atoms with E-state index in [0.717, 1.165) is 6.42 Å². The van der Waals surface area contributed by atoms with Gasteiger partial charge >= 0.3 is 0 Å². The Kier molecular flexibility index (Phi) is 4.57. The molecule has 55 valence electrons.